The second-order valence-corrected chi connectivity index (χ2v) is 6.81. The molecule has 3 rings (SSSR count). The van der Waals surface area contributed by atoms with Crippen molar-refractivity contribution >= 4 is 17.9 Å². The molecule has 0 spiro atoms. The fourth-order valence-corrected chi connectivity index (χ4v) is 3.05. The zero-order valence-corrected chi connectivity index (χ0v) is 15.4. The molecule has 1 aromatic rings. The highest BCUT2D eigenvalue weighted by molar-refractivity contribution is 6.01. The lowest BCUT2D eigenvalue weighted by Gasteiger charge is -2.25. The first-order chi connectivity index (χ1) is 12.5. The number of carbonyl (C=O) groups excluding carboxylic acids is 2. The summed E-state index contributed by atoms with van der Waals surface area (Å²) in [5, 5.41) is 13.6. The Balaban J connectivity index is 1.49. The van der Waals surface area contributed by atoms with Crippen LogP contribution in [0.2, 0.25) is 0 Å². The van der Waals surface area contributed by atoms with Crippen molar-refractivity contribution in [2.75, 3.05) is 26.7 Å². The summed E-state index contributed by atoms with van der Waals surface area (Å²) in [6.07, 6.45) is 1.82. The molecule has 1 fully saturated rings. The number of nitrogens with zero attached hydrogens (tertiary/aromatic N) is 5. The van der Waals surface area contributed by atoms with E-state index in [4.69, 9.17) is 0 Å². The van der Waals surface area contributed by atoms with Gasteiger partial charge in [0, 0.05) is 38.5 Å². The summed E-state index contributed by atoms with van der Waals surface area (Å²) in [6, 6.07) is -0.140. The van der Waals surface area contributed by atoms with E-state index in [0.29, 0.717) is 25.0 Å². The van der Waals surface area contributed by atoms with Crippen LogP contribution in [0.1, 0.15) is 37.8 Å². The van der Waals surface area contributed by atoms with Crippen molar-refractivity contribution in [2.24, 2.45) is 4.99 Å². The minimum atomic E-state index is -0.341. The highest BCUT2D eigenvalue weighted by Gasteiger charge is 2.28. The standard InChI is InChI=1S/C16H26N8O2/c1-10(2)14-21-12-5-4-11(9-24(12)22-14)20-15(17-3)18-6-7-23-13(25)8-19-16(23)26/h10-11H,4-9H2,1-3H3,(H,19,26)(H2,17,18,20). The summed E-state index contributed by atoms with van der Waals surface area (Å²) in [6.45, 7) is 5.75. The van der Waals surface area contributed by atoms with Crippen LogP contribution in [0.5, 0.6) is 0 Å². The predicted octanol–water partition coefficient (Wildman–Crippen LogP) is -0.567. The lowest BCUT2D eigenvalue weighted by atomic mass is 10.1. The third kappa shape index (κ3) is 3.94. The number of carbonyl (C=O) groups is 2. The van der Waals surface area contributed by atoms with Gasteiger partial charge in [-0.3, -0.25) is 14.7 Å². The van der Waals surface area contributed by atoms with Gasteiger partial charge in [0.15, 0.2) is 11.8 Å². The number of rotatable bonds is 5. The molecule has 1 aromatic heterocycles. The number of hydrogen-bond acceptors (Lipinski definition) is 5. The van der Waals surface area contributed by atoms with Crippen molar-refractivity contribution < 1.29 is 9.59 Å². The first-order valence-electron chi connectivity index (χ1n) is 8.97. The maximum Gasteiger partial charge on any atom is 0.324 e. The highest BCUT2D eigenvalue weighted by atomic mass is 16.2. The van der Waals surface area contributed by atoms with Gasteiger partial charge in [-0.25, -0.2) is 14.5 Å². The van der Waals surface area contributed by atoms with E-state index in [-0.39, 0.29) is 24.5 Å². The number of imide groups is 1. The Labute approximate surface area is 152 Å². The number of aliphatic imine (C=N–C) groups is 1. The van der Waals surface area contributed by atoms with Crippen LogP contribution < -0.4 is 16.0 Å². The Morgan fingerprint density at radius 3 is 2.88 bits per heavy atom. The number of guanidine groups is 1. The monoisotopic (exact) mass is 362 g/mol. The quantitative estimate of drug-likeness (QED) is 0.367. The van der Waals surface area contributed by atoms with Gasteiger partial charge in [-0.1, -0.05) is 13.8 Å². The largest absolute Gasteiger partial charge is 0.355 e. The molecule has 1 unspecified atom stereocenters. The SMILES string of the molecule is CN=C(NCCN1C(=O)CNC1=O)NC1CCc2nc(C(C)C)nn2C1. The lowest BCUT2D eigenvalue weighted by Crippen LogP contribution is -2.49. The second kappa shape index (κ2) is 7.71. The molecule has 142 valence electrons. The van der Waals surface area contributed by atoms with Crippen molar-refractivity contribution in [3.05, 3.63) is 11.6 Å². The topological polar surface area (TPSA) is 117 Å². The smallest absolute Gasteiger partial charge is 0.324 e. The Kier molecular flexibility index (Phi) is 5.38. The Bertz CT molecular complexity index is 695. The van der Waals surface area contributed by atoms with Gasteiger partial charge in [0.1, 0.15) is 5.82 Å². The predicted molar refractivity (Wildman–Crippen MR) is 95.8 cm³/mol. The minimum Gasteiger partial charge on any atom is -0.355 e. The van der Waals surface area contributed by atoms with Crippen LogP contribution in [0.4, 0.5) is 4.79 Å². The van der Waals surface area contributed by atoms with Crippen LogP contribution in [0.25, 0.3) is 0 Å². The van der Waals surface area contributed by atoms with Gasteiger partial charge in [0.2, 0.25) is 5.91 Å². The average molecular weight is 362 g/mol. The fraction of sp³-hybridized carbons (Fsp3) is 0.688. The Hall–Kier alpha value is -2.65. The van der Waals surface area contributed by atoms with Crippen LogP contribution in [0, 0.1) is 0 Å². The molecule has 1 saturated heterocycles. The van der Waals surface area contributed by atoms with E-state index >= 15 is 0 Å². The minimum absolute atomic E-state index is 0.0759. The molecule has 2 aliphatic heterocycles. The van der Waals surface area contributed by atoms with E-state index in [1.165, 1.54) is 4.90 Å². The van der Waals surface area contributed by atoms with E-state index in [9.17, 15) is 9.59 Å². The molecule has 1 atom stereocenters. The van der Waals surface area contributed by atoms with Crippen molar-refractivity contribution in [1.29, 1.82) is 0 Å². The van der Waals surface area contributed by atoms with Gasteiger partial charge in [0.25, 0.3) is 0 Å². The number of aryl methyl sites for hydroxylation is 1. The molecule has 3 amide bonds. The van der Waals surface area contributed by atoms with Gasteiger partial charge in [-0.2, -0.15) is 5.10 Å². The molecule has 0 aromatic carbocycles. The molecule has 2 aliphatic rings. The third-order valence-electron chi connectivity index (χ3n) is 4.52. The van der Waals surface area contributed by atoms with Gasteiger partial charge >= 0.3 is 6.03 Å². The number of hydrogen-bond donors (Lipinski definition) is 3. The second-order valence-electron chi connectivity index (χ2n) is 6.81. The maximum atomic E-state index is 11.6. The van der Waals surface area contributed by atoms with Crippen LogP contribution in [0.3, 0.4) is 0 Å². The molecule has 0 saturated carbocycles. The number of nitrogens with one attached hydrogen (secondary N) is 3. The molecule has 26 heavy (non-hydrogen) atoms. The van der Waals surface area contributed by atoms with Gasteiger partial charge in [0.05, 0.1) is 13.1 Å². The average Bonchev–Trinajstić information content (AvgIpc) is 3.18. The molecule has 0 bridgehead atoms. The van der Waals surface area contributed by atoms with Gasteiger partial charge < -0.3 is 16.0 Å². The zero-order valence-electron chi connectivity index (χ0n) is 15.4. The van der Waals surface area contributed by atoms with Crippen molar-refractivity contribution in [2.45, 2.75) is 45.2 Å². The lowest BCUT2D eigenvalue weighted by molar-refractivity contribution is -0.124. The van der Waals surface area contributed by atoms with E-state index in [1.54, 1.807) is 7.05 Å². The first kappa shape index (κ1) is 18.2. The van der Waals surface area contributed by atoms with Crippen LogP contribution in [-0.4, -0.2) is 70.3 Å². The van der Waals surface area contributed by atoms with Crippen LogP contribution in [0.15, 0.2) is 4.99 Å². The van der Waals surface area contributed by atoms with Crippen molar-refractivity contribution in [3.8, 4) is 0 Å². The first-order valence-corrected chi connectivity index (χ1v) is 8.97. The fourth-order valence-electron chi connectivity index (χ4n) is 3.05. The summed E-state index contributed by atoms with van der Waals surface area (Å²) in [5.74, 6) is 2.69. The Morgan fingerprint density at radius 2 is 2.23 bits per heavy atom. The molecular weight excluding hydrogens is 336 g/mol. The van der Waals surface area contributed by atoms with E-state index < -0.39 is 0 Å². The number of urea groups is 1. The third-order valence-corrected chi connectivity index (χ3v) is 4.52. The van der Waals surface area contributed by atoms with Crippen LogP contribution in [-0.2, 0) is 17.8 Å². The van der Waals surface area contributed by atoms with Gasteiger partial charge in [-0.05, 0) is 6.42 Å². The summed E-state index contributed by atoms with van der Waals surface area (Å²) in [7, 11) is 1.70. The zero-order chi connectivity index (χ0) is 18.7. The van der Waals surface area contributed by atoms with Crippen molar-refractivity contribution in [3.63, 3.8) is 0 Å². The van der Waals surface area contributed by atoms with E-state index in [1.807, 2.05) is 4.68 Å². The molecule has 0 aliphatic carbocycles. The van der Waals surface area contributed by atoms with Gasteiger partial charge in [-0.15, -0.1) is 0 Å². The number of amides is 3. The molecule has 0 radical (unpaired) electrons. The molecule has 10 nitrogen and oxygen atoms in total. The molecular formula is C16H26N8O2. The van der Waals surface area contributed by atoms with Crippen LogP contribution >= 0.6 is 0 Å². The Morgan fingerprint density at radius 1 is 1.42 bits per heavy atom. The summed E-state index contributed by atoms with van der Waals surface area (Å²) < 4.78 is 1.97. The molecule has 3 N–H and O–H groups in total. The number of aromatic nitrogens is 3. The molecule has 10 heteroatoms. The number of fused-ring (bicyclic) bond motifs is 1. The molecule has 3 heterocycles. The maximum absolute atomic E-state index is 11.6. The summed E-state index contributed by atoms with van der Waals surface area (Å²) in [5.41, 5.74) is 0. The normalized spacial score (nSPS) is 20.4. The summed E-state index contributed by atoms with van der Waals surface area (Å²) in [4.78, 5) is 33.1. The summed E-state index contributed by atoms with van der Waals surface area (Å²) >= 11 is 0. The van der Waals surface area contributed by atoms with E-state index in [0.717, 1.165) is 31.0 Å². The van der Waals surface area contributed by atoms with E-state index in [2.05, 4.69) is 44.9 Å². The highest BCUT2D eigenvalue weighted by Crippen LogP contribution is 2.16. The van der Waals surface area contributed by atoms with Crippen molar-refractivity contribution in [1.82, 2.24) is 35.6 Å².